The Bertz CT molecular complexity index is 405. The summed E-state index contributed by atoms with van der Waals surface area (Å²) >= 11 is 4.09. The molecular formula is C15H22N2S2. The standard InChI is InChI=1S/C15H22N2S2/c1-2-4-15-13(3-1)14(5-10-19-15)16-6-7-17-8-11-18-12-9-17/h1-4,14,16H,5-12H2. The summed E-state index contributed by atoms with van der Waals surface area (Å²) in [5.41, 5.74) is 1.51. The van der Waals surface area contributed by atoms with Gasteiger partial charge in [-0.2, -0.15) is 11.8 Å². The highest BCUT2D eigenvalue weighted by Gasteiger charge is 2.19. The van der Waals surface area contributed by atoms with E-state index in [0.29, 0.717) is 6.04 Å². The molecule has 19 heavy (non-hydrogen) atoms. The molecule has 0 aromatic heterocycles. The predicted octanol–water partition coefficient (Wildman–Crippen LogP) is 2.86. The molecule has 0 bridgehead atoms. The van der Waals surface area contributed by atoms with Crippen LogP contribution >= 0.6 is 23.5 Å². The molecule has 104 valence electrons. The van der Waals surface area contributed by atoms with E-state index < -0.39 is 0 Å². The summed E-state index contributed by atoms with van der Waals surface area (Å²) in [5.74, 6) is 3.86. The van der Waals surface area contributed by atoms with E-state index >= 15 is 0 Å². The lowest BCUT2D eigenvalue weighted by Gasteiger charge is -2.29. The lowest BCUT2D eigenvalue weighted by molar-refractivity contribution is 0.294. The van der Waals surface area contributed by atoms with Crippen LogP contribution in [0.2, 0.25) is 0 Å². The largest absolute Gasteiger partial charge is 0.309 e. The lowest BCUT2D eigenvalue weighted by atomic mass is 10.0. The Balaban J connectivity index is 1.50. The summed E-state index contributed by atoms with van der Waals surface area (Å²) in [6, 6.07) is 9.43. The molecule has 1 saturated heterocycles. The predicted molar refractivity (Wildman–Crippen MR) is 86.3 cm³/mol. The first-order valence-corrected chi connectivity index (χ1v) is 9.33. The number of nitrogens with zero attached hydrogens (tertiary/aromatic N) is 1. The number of thioether (sulfide) groups is 2. The Labute approximate surface area is 124 Å². The molecule has 0 amide bonds. The van der Waals surface area contributed by atoms with Gasteiger partial charge in [0, 0.05) is 48.6 Å². The summed E-state index contributed by atoms with van der Waals surface area (Å²) in [7, 11) is 0. The first kappa shape index (κ1) is 13.8. The van der Waals surface area contributed by atoms with E-state index in [9.17, 15) is 0 Å². The van der Waals surface area contributed by atoms with Crippen LogP contribution in [-0.2, 0) is 0 Å². The molecule has 2 nitrogen and oxygen atoms in total. The van der Waals surface area contributed by atoms with Gasteiger partial charge in [-0.1, -0.05) is 18.2 Å². The molecule has 1 aromatic carbocycles. The van der Waals surface area contributed by atoms with E-state index in [0.717, 1.165) is 6.54 Å². The van der Waals surface area contributed by atoms with Crippen molar-refractivity contribution in [3.8, 4) is 0 Å². The van der Waals surface area contributed by atoms with Crippen molar-refractivity contribution in [3.05, 3.63) is 29.8 Å². The Morgan fingerprint density at radius 1 is 1.16 bits per heavy atom. The summed E-state index contributed by atoms with van der Waals surface area (Å²) in [4.78, 5) is 4.06. The molecule has 1 atom stereocenters. The topological polar surface area (TPSA) is 15.3 Å². The van der Waals surface area contributed by atoms with Crippen molar-refractivity contribution < 1.29 is 0 Å². The minimum atomic E-state index is 0.566. The minimum Gasteiger partial charge on any atom is -0.309 e. The summed E-state index contributed by atoms with van der Waals surface area (Å²) < 4.78 is 0. The molecule has 4 heteroatoms. The third kappa shape index (κ3) is 3.69. The molecule has 0 spiro atoms. The molecule has 1 aromatic rings. The van der Waals surface area contributed by atoms with E-state index in [-0.39, 0.29) is 0 Å². The normalized spacial score (nSPS) is 24.1. The zero-order chi connectivity index (χ0) is 12.9. The van der Waals surface area contributed by atoms with Crippen LogP contribution in [0.1, 0.15) is 18.0 Å². The van der Waals surface area contributed by atoms with Crippen LogP contribution in [0.4, 0.5) is 0 Å². The number of hydrogen-bond acceptors (Lipinski definition) is 4. The zero-order valence-electron chi connectivity index (χ0n) is 11.3. The molecule has 0 aliphatic carbocycles. The monoisotopic (exact) mass is 294 g/mol. The van der Waals surface area contributed by atoms with Crippen molar-refractivity contribution in [3.63, 3.8) is 0 Å². The summed E-state index contributed by atoms with van der Waals surface area (Å²) in [6.07, 6.45) is 1.26. The van der Waals surface area contributed by atoms with E-state index in [1.165, 1.54) is 53.8 Å². The average molecular weight is 294 g/mol. The Hall–Kier alpha value is -0.160. The first-order valence-electron chi connectivity index (χ1n) is 7.19. The van der Waals surface area contributed by atoms with Crippen molar-refractivity contribution in [1.29, 1.82) is 0 Å². The smallest absolute Gasteiger partial charge is 0.0339 e. The fourth-order valence-corrected chi connectivity index (χ4v) is 4.88. The quantitative estimate of drug-likeness (QED) is 0.918. The van der Waals surface area contributed by atoms with Crippen molar-refractivity contribution in [2.45, 2.75) is 17.4 Å². The second kappa shape index (κ2) is 7.02. The number of rotatable bonds is 4. The maximum Gasteiger partial charge on any atom is 0.0339 e. The van der Waals surface area contributed by atoms with Gasteiger partial charge in [-0.15, -0.1) is 11.8 Å². The minimum absolute atomic E-state index is 0.566. The van der Waals surface area contributed by atoms with Gasteiger partial charge >= 0.3 is 0 Å². The van der Waals surface area contributed by atoms with Crippen LogP contribution in [0.25, 0.3) is 0 Å². The molecule has 2 heterocycles. The molecule has 2 aliphatic heterocycles. The third-order valence-corrected chi connectivity index (χ3v) is 5.95. The van der Waals surface area contributed by atoms with E-state index in [1.807, 2.05) is 11.8 Å². The van der Waals surface area contributed by atoms with Gasteiger partial charge in [0.1, 0.15) is 0 Å². The maximum atomic E-state index is 3.76. The van der Waals surface area contributed by atoms with E-state index in [4.69, 9.17) is 0 Å². The lowest BCUT2D eigenvalue weighted by Crippen LogP contribution is -2.39. The van der Waals surface area contributed by atoms with Crippen LogP contribution < -0.4 is 5.32 Å². The number of nitrogens with one attached hydrogen (secondary N) is 1. The van der Waals surface area contributed by atoms with Gasteiger partial charge in [0.15, 0.2) is 0 Å². The zero-order valence-corrected chi connectivity index (χ0v) is 12.9. The fourth-order valence-electron chi connectivity index (χ4n) is 2.78. The molecule has 1 fully saturated rings. The molecule has 1 N–H and O–H groups in total. The van der Waals surface area contributed by atoms with E-state index in [1.54, 1.807) is 0 Å². The van der Waals surface area contributed by atoms with Gasteiger partial charge in [0.05, 0.1) is 0 Å². The number of hydrogen-bond donors (Lipinski definition) is 1. The van der Waals surface area contributed by atoms with Gasteiger partial charge in [-0.25, -0.2) is 0 Å². The Morgan fingerprint density at radius 2 is 2.00 bits per heavy atom. The maximum absolute atomic E-state index is 3.76. The second-order valence-electron chi connectivity index (χ2n) is 5.14. The molecule has 0 saturated carbocycles. The van der Waals surface area contributed by atoms with E-state index in [2.05, 4.69) is 46.2 Å². The van der Waals surface area contributed by atoms with Gasteiger partial charge in [-0.3, -0.25) is 0 Å². The molecular weight excluding hydrogens is 272 g/mol. The molecule has 3 rings (SSSR count). The second-order valence-corrected chi connectivity index (χ2v) is 7.50. The summed E-state index contributed by atoms with van der Waals surface area (Å²) in [5, 5.41) is 3.76. The van der Waals surface area contributed by atoms with Crippen LogP contribution in [-0.4, -0.2) is 48.3 Å². The highest BCUT2D eigenvalue weighted by molar-refractivity contribution is 7.99. The highest BCUT2D eigenvalue weighted by atomic mass is 32.2. The van der Waals surface area contributed by atoms with Gasteiger partial charge in [-0.05, 0) is 23.8 Å². The van der Waals surface area contributed by atoms with Crippen LogP contribution in [0, 0.1) is 0 Å². The van der Waals surface area contributed by atoms with Gasteiger partial charge < -0.3 is 10.2 Å². The third-order valence-electron chi connectivity index (χ3n) is 3.88. The van der Waals surface area contributed by atoms with Gasteiger partial charge in [0.25, 0.3) is 0 Å². The SMILES string of the molecule is c1ccc2c(c1)SCCC2NCCN1CCSCC1. The van der Waals surface area contributed by atoms with Crippen LogP contribution in [0.3, 0.4) is 0 Å². The van der Waals surface area contributed by atoms with Gasteiger partial charge in [0.2, 0.25) is 0 Å². The number of fused-ring (bicyclic) bond motifs is 1. The summed E-state index contributed by atoms with van der Waals surface area (Å²) in [6.45, 7) is 4.85. The van der Waals surface area contributed by atoms with Crippen molar-refractivity contribution in [2.24, 2.45) is 0 Å². The Kier molecular flexibility index (Phi) is 5.10. The van der Waals surface area contributed by atoms with Crippen molar-refractivity contribution in [2.75, 3.05) is 43.4 Å². The highest BCUT2D eigenvalue weighted by Crippen LogP contribution is 2.35. The van der Waals surface area contributed by atoms with Crippen LogP contribution in [0.15, 0.2) is 29.2 Å². The molecule has 2 aliphatic rings. The number of benzene rings is 1. The molecule has 1 unspecified atom stereocenters. The molecule has 0 radical (unpaired) electrons. The average Bonchev–Trinajstić information content (AvgIpc) is 2.49. The first-order chi connectivity index (χ1) is 9.43. The fraction of sp³-hybridized carbons (Fsp3) is 0.600. The van der Waals surface area contributed by atoms with Crippen molar-refractivity contribution in [1.82, 2.24) is 10.2 Å². The van der Waals surface area contributed by atoms with Crippen LogP contribution in [0.5, 0.6) is 0 Å². The van der Waals surface area contributed by atoms with Crippen molar-refractivity contribution >= 4 is 23.5 Å². The Morgan fingerprint density at radius 3 is 2.89 bits per heavy atom.